The molecule has 0 aliphatic heterocycles. The Morgan fingerprint density at radius 2 is 0.583 bits per heavy atom. The van der Waals surface area contributed by atoms with Crippen molar-refractivity contribution in [3.8, 4) is 0 Å². The molecule has 292 valence electrons. The van der Waals surface area contributed by atoms with E-state index >= 15 is 0 Å². The van der Waals surface area contributed by atoms with Crippen molar-refractivity contribution >= 4 is 16.4 Å². The highest BCUT2D eigenvalue weighted by Crippen LogP contribution is 2.36. The Morgan fingerprint density at radius 1 is 0.375 bits per heavy atom. The third-order valence-electron chi connectivity index (χ3n) is 8.91. The molecule has 0 aromatic rings. The van der Waals surface area contributed by atoms with Crippen LogP contribution in [0, 0.1) is 0 Å². The first-order valence-corrected chi connectivity index (χ1v) is 23.5. The van der Waals surface area contributed by atoms with Gasteiger partial charge in [0.2, 0.25) is 0 Å². The van der Waals surface area contributed by atoms with Crippen molar-refractivity contribution in [2.75, 3.05) is 19.8 Å². The number of rotatable bonds is 39. The van der Waals surface area contributed by atoms with Gasteiger partial charge in [0.25, 0.3) is 0 Å². The molecule has 0 aromatic carbocycles. The molecule has 3 N–H and O–H groups in total. The molecule has 0 aliphatic rings. The van der Waals surface area contributed by atoms with E-state index in [9.17, 15) is 9.46 Å². The lowest BCUT2D eigenvalue weighted by atomic mass is 10.1. The Hall–Kier alpha value is 0.420. The van der Waals surface area contributed by atoms with Crippen molar-refractivity contribution in [1.82, 2.24) is 0 Å². The largest absolute Gasteiger partial charge is 0.469 e. The van der Waals surface area contributed by atoms with Crippen LogP contribution in [0.3, 0.4) is 0 Å². The average molecular weight is 727 g/mol. The third kappa shape index (κ3) is 50.8. The van der Waals surface area contributed by atoms with Crippen molar-refractivity contribution in [3.05, 3.63) is 0 Å². The zero-order valence-electron chi connectivity index (χ0n) is 32.3. The molecule has 7 nitrogen and oxygen atoms in total. The van der Waals surface area contributed by atoms with Crippen molar-refractivity contribution in [2.24, 2.45) is 0 Å². The predicted octanol–water partition coefficient (Wildman–Crippen LogP) is 14.3. The van der Waals surface area contributed by atoms with E-state index in [-0.39, 0.29) is 6.61 Å². The van der Waals surface area contributed by atoms with Crippen LogP contribution in [0.2, 0.25) is 0 Å². The summed E-state index contributed by atoms with van der Waals surface area (Å²) in [7, 11) is -5.90. The van der Waals surface area contributed by atoms with Crippen LogP contribution >= 0.6 is 16.4 Å². The Bertz CT molecular complexity index is 593. The van der Waals surface area contributed by atoms with Crippen LogP contribution in [0.5, 0.6) is 0 Å². The average Bonchev–Trinajstić information content (AvgIpc) is 3.06. The Kier molecular flexibility index (Phi) is 45.9. The summed E-state index contributed by atoms with van der Waals surface area (Å²) in [6, 6.07) is 0. The second kappa shape index (κ2) is 43.6. The molecule has 0 aromatic heterocycles. The molecule has 0 rings (SSSR count). The number of unbranched alkanes of at least 4 members (excludes halogenated alkanes) is 30. The van der Waals surface area contributed by atoms with Crippen LogP contribution < -0.4 is 0 Å². The van der Waals surface area contributed by atoms with E-state index < -0.39 is 16.4 Å². The third-order valence-corrected chi connectivity index (χ3v) is 10.2. The first kappa shape index (κ1) is 50.5. The smallest absolute Gasteiger partial charge is 0.328 e. The number of hydrogen-bond donors (Lipinski definition) is 3. The Morgan fingerprint density at radius 3 is 0.812 bits per heavy atom. The molecule has 0 saturated carbocycles. The van der Waals surface area contributed by atoms with E-state index in [0.717, 1.165) is 32.1 Å². The minimum Gasteiger partial charge on any atom is -0.328 e. The van der Waals surface area contributed by atoms with E-state index in [1.54, 1.807) is 0 Å². The quantitative estimate of drug-likeness (QED) is 0.0428. The fraction of sp³-hybridized carbons (Fsp3) is 1.00. The molecule has 0 amide bonds. The van der Waals surface area contributed by atoms with Gasteiger partial charge in [-0.05, 0) is 19.3 Å². The highest BCUT2D eigenvalue weighted by molar-refractivity contribution is 7.46. The van der Waals surface area contributed by atoms with Gasteiger partial charge < -0.3 is 23.7 Å². The van der Waals surface area contributed by atoms with E-state index in [0.29, 0.717) is 13.2 Å². The highest BCUT2D eigenvalue weighted by atomic mass is 31.2. The maximum absolute atomic E-state index is 10.4. The molecule has 0 bridgehead atoms. The van der Waals surface area contributed by atoms with Crippen LogP contribution in [0.4, 0.5) is 0 Å². The van der Waals surface area contributed by atoms with Gasteiger partial charge in [0, 0.05) is 0 Å². The first-order chi connectivity index (χ1) is 23.4. The lowest BCUT2D eigenvalue weighted by molar-refractivity contribution is 0.192. The molecular formula is C39H84O7P2. The van der Waals surface area contributed by atoms with Crippen molar-refractivity contribution in [2.45, 2.75) is 233 Å². The Balaban J connectivity index is 0. The van der Waals surface area contributed by atoms with E-state index in [1.165, 1.54) is 180 Å². The first-order valence-electron chi connectivity index (χ1n) is 20.8. The lowest BCUT2D eigenvalue weighted by Crippen LogP contribution is -1.95. The summed E-state index contributed by atoms with van der Waals surface area (Å²) in [6.45, 7) is 8.22. The summed E-state index contributed by atoms with van der Waals surface area (Å²) in [4.78, 5) is 26.7. The fourth-order valence-electron chi connectivity index (χ4n) is 5.80. The Labute approximate surface area is 301 Å². The summed E-state index contributed by atoms with van der Waals surface area (Å²) in [5.74, 6) is 0. The maximum Gasteiger partial charge on any atom is 0.469 e. The van der Waals surface area contributed by atoms with E-state index in [4.69, 9.17) is 18.8 Å². The minimum atomic E-state index is -4.25. The second-order valence-electron chi connectivity index (χ2n) is 13.8. The molecule has 0 unspecified atom stereocenters. The molecule has 0 radical (unpaired) electrons. The minimum absolute atomic E-state index is 0.168. The van der Waals surface area contributed by atoms with Crippen molar-refractivity contribution in [1.29, 1.82) is 0 Å². The van der Waals surface area contributed by atoms with Crippen LogP contribution in [0.1, 0.15) is 233 Å². The lowest BCUT2D eigenvalue weighted by Gasteiger charge is -2.10. The van der Waals surface area contributed by atoms with Crippen LogP contribution in [0.25, 0.3) is 0 Å². The van der Waals surface area contributed by atoms with Gasteiger partial charge in [-0.3, -0.25) is 4.52 Å². The monoisotopic (exact) mass is 727 g/mol. The molecule has 0 fully saturated rings. The fourth-order valence-corrected chi connectivity index (χ4v) is 6.82. The standard InChI is InChI=1S/C26H55O3P.C13H29O4P/c1-3-5-7-9-11-13-15-17-19-21-23-25-28-30(27)29-26-24-22-20-18-16-14-12-10-8-6-4-2;1-2-3-4-5-6-7-8-9-10-11-12-13-17-18(14,15)16/h27H,3-26H2,1-2H3;2-13H2,1H3,(H2,14,15,16). The molecule has 0 aliphatic carbocycles. The van der Waals surface area contributed by atoms with Crippen LogP contribution in [0.15, 0.2) is 0 Å². The molecule has 0 saturated heterocycles. The normalized spacial score (nSPS) is 11.7. The maximum atomic E-state index is 10.4. The molecule has 0 heterocycles. The van der Waals surface area contributed by atoms with Gasteiger partial charge in [-0.1, -0.05) is 213 Å². The predicted molar refractivity (Wildman–Crippen MR) is 208 cm³/mol. The highest BCUT2D eigenvalue weighted by Gasteiger charge is 2.12. The summed E-state index contributed by atoms with van der Waals surface area (Å²) < 4.78 is 25.6. The van der Waals surface area contributed by atoms with Crippen molar-refractivity contribution < 1.29 is 32.8 Å². The summed E-state index contributed by atoms with van der Waals surface area (Å²) in [5, 5.41) is 0. The van der Waals surface area contributed by atoms with E-state index in [2.05, 4.69) is 25.3 Å². The SMILES string of the molecule is CCCCCCCCCCCCCOP(=O)(O)O.CCCCCCCCCCCCCOP(O)OCCCCCCCCCCCCC. The van der Waals surface area contributed by atoms with Gasteiger partial charge in [0.05, 0.1) is 19.8 Å². The molecular weight excluding hydrogens is 642 g/mol. The molecule has 0 spiro atoms. The van der Waals surface area contributed by atoms with E-state index in [1.807, 2.05) is 0 Å². The molecule has 9 heteroatoms. The zero-order valence-corrected chi connectivity index (χ0v) is 34.1. The summed E-state index contributed by atoms with van der Waals surface area (Å²) in [6.07, 6.45) is 42.7. The van der Waals surface area contributed by atoms with Gasteiger partial charge in [0.15, 0.2) is 0 Å². The van der Waals surface area contributed by atoms with Gasteiger partial charge in [-0.15, -0.1) is 0 Å². The van der Waals surface area contributed by atoms with Crippen LogP contribution in [-0.4, -0.2) is 34.5 Å². The number of phosphoric acid groups is 1. The number of hydrogen-bond acceptors (Lipinski definition) is 5. The van der Waals surface area contributed by atoms with Gasteiger partial charge in [-0.25, -0.2) is 4.57 Å². The summed E-state index contributed by atoms with van der Waals surface area (Å²) in [5.41, 5.74) is 0. The summed E-state index contributed by atoms with van der Waals surface area (Å²) >= 11 is 0. The number of phosphoric ester groups is 1. The van der Waals surface area contributed by atoms with Crippen LogP contribution in [-0.2, 0) is 18.1 Å². The topological polar surface area (TPSA) is 105 Å². The second-order valence-corrected chi connectivity index (χ2v) is 16.1. The molecule has 0 atom stereocenters. The molecule has 48 heavy (non-hydrogen) atoms. The van der Waals surface area contributed by atoms with Gasteiger partial charge >= 0.3 is 16.4 Å². The van der Waals surface area contributed by atoms with Gasteiger partial charge in [0.1, 0.15) is 0 Å². The van der Waals surface area contributed by atoms with Gasteiger partial charge in [-0.2, -0.15) is 0 Å². The van der Waals surface area contributed by atoms with Crippen molar-refractivity contribution in [3.63, 3.8) is 0 Å². The zero-order chi connectivity index (χ0) is 35.7.